The summed E-state index contributed by atoms with van der Waals surface area (Å²) in [5.74, 6) is 0. The van der Waals surface area contributed by atoms with Crippen LogP contribution < -0.4 is 0 Å². The Kier molecular flexibility index (Phi) is 2.83. The fourth-order valence-corrected chi connectivity index (χ4v) is 3.99. The molecule has 0 unspecified atom stereocenters. The van der Waals surface area contributed by atoms with E-state index in [0.29, 0.717) is 0 Å². The monoisotopic (exact) mass is 230 g/mol. The third kappa shape index (κ3) is 2.30. The van der Waals surface area contributed by atoms with Crippen LogP contribution in [0.2, 0.25) is 19.6 Å². The molecule has 0 aliphatic heterocycles. The Morgan fingerprint density at radius 3 is 2.44 bits per heavy atom. The number of hydrogen-bond donors (Lipinski definition) is 0. The fraction of sp³-hybridized carbons (Fsp3) is 0.467. The first-order chi connectivity index (χ1) is 7.37. The van der Waals surface area contributed by atoms with Gasteiger partial charge in [-0.2, -0.15) is 0 Å². The van der Waals surface area contributed by atoms with Crippen LogP contribution in [0.15, 0.2) is 17.7 Å². The van der Waals surface area contributed by atoms with E-state index >= 15 is 0 Å². The van der Waals surface area contributed by atoms with E-state index in [1.807, 2.05) is 0 Å². The van der Waals surface area contributed by atoms with Gasteiger partial charge >= 0.3 is 0 Å². The van der Waals surface area contributed by atoms with Crippen molar-refractivity contribution in [3.63, 3.8) is 0 Å². The molecule has 0 N–H and O–H groups in total. The predicted octanol–water partition coefficient (Wildman–Crippen LogP) is 4.37. The second kappa shape index (κ2) is 3.88. The quantitative estimate of drug-likeness (QED) is 0.662. The first-order valence-electron chi connectivity index (χ1n) is 6.15. The predicted molar refractivity (Wildman–Crippen MR) is 75.6 cm³/mol. The van der Waals surface area contributed by atoms with E-state index in [0.717, 1.165) is 0 Å². The molecular formula is C15H22Si. The molecule has 86 valence electrons. The molecule has 0 saturated heterocycles. The first kappa shape index (κ1) is 11.7. The van der Waals surface area contributed by atoms with E-state index in [4.69, 9.17) is 0 Å². The van der Waals surface area contributed by atoms with Crippen molar-refractivity contribution < 1.29 is 0 Å². The molecular weight excluding hydrogens is 208 g/mol. The highest BCUT2D eigenvalue weighted by Crippen LogP contribution is 2.31. The van der Waals surface area contributed by atoms with Gasteiger partial charge in [0.15, 0.2) is 0 Å². The maximum atomic E-state index is 2.45. The summed E-state index contributed by atoms with van der Waals surface area (Å²) >= 11 is 0. The third-order valence-corrected chi connectivity index (χ3v) is 4.69. The molecule has 0 saturated carbocycles. The van der Waals surface area contributed by atoms with Crippen molar-refractivity contribution in [1.82, 2.24) is 0 Å². The van der Waals surface area contributed by atoms with Crippen molar-refractivity contribution in [3.8, 4) is 0 Å². The van der Waals surface area contributed by atoms with Crippen LogP contribution >= 0.6 is 0 Å². The number of aryl methyl sites for hydroxylation is 1. The van der Waals surface area contributed by atoms with Crippen LogP contribution in [0, 0.1) is 6.92 Å². The van der Waals surface area contributed by atoms with Crippen LogP contribution in [0.3, 0.4) is 0 Å². The topological polar surface area (TPSA) is 0 Å². The summed E-state index contributed by atoms with van der Waals surface area (Å²) in [5, 5.41) is 0. The molecule has 1 aromatic rings. The lowest BCUT2D eigenvalue weighted by Crippen LogP contribution is -2.24. The molecule has 0 heterocycles. The van der Waals surface area contributed by atoms with Gasteiger partial charge in [0.25, 0.3) is 0 Å². The molecule has 1 aliphatic rings. The summed E-state index contributed by atoms with van der Waals surface area (Å²) in [5.41, 5.74) is 7.67. The van der Waals surface area contributed by atoms with Crippen LogP contribution in [-0.2, 0) is 12.5 Å². The second-order valence-corrected chi connectivity index (χ2v) is 11.8. The molecule has 0 nitrogen and oxygen atoms in total. The summed E-state index contributed by atoms with van der Waals surface area (Å²) in [6.07, 6.45) is 3.57. The zero-order chi connectivity index (χ0) is 11.9. The summed E-state index contributed by atoms with van der Waals surface area (Å²) in [6, 6.07) is 5.96. The second-order valence-electron chi connectivity index (χ2n) is 6.34. The van der Waals surface area contributed by atoms with Gasteiger partial charge < -0.3 is 0 Å². The number of allylic oxidation sites excluding steroid dienone is 1. The van der Waals surface area contributed by atoms with E-state index < -0.39 is 8.07 Å². The smallest absolute Gasteiger partial charge is 0.0487 e. The Bertz CT molecular complexity index is 447. The molecule has 2 rings (SSSR count). The van der Waals surface area contributed by atoms with Crippen LogP contribution in [0.1, 0.15) is 29.2 Å². The lowest BCUT2D eigenvalue weighted by molar-refractivity contribution is 1.14. The lowest BCUT2D eigenvalue weighted by atomic mass is 9.99. The summed E-state index contributed by atoms with van der Waals surface area (Å²) in [6.45, 7) is 11.8. The summed E-state index contributed by atoms with van der Waals surface area (Å²) in [4.78, 5) is 0. The average molecular weight is 230 g/mol. The molecule has 16 heavy (non-hydrogen) atoms. The maximum absolute atomic E-state index is 2.45. The van der Waals surface area contributed by atoms with Crippen LogP contribution in [0.25, 0.3) is 6.08 Å². The Morgan fingerprint density at radius 2 is 1.81 bits per heavy atom. The molecule has 0 bridgehead atoms. The highest BCUT2D eigenvalue weighted by Gasteiger charge is 2.20. The minimum atomic E-state index is -1.01. The van der Waals surface area contributed by atoms with Gasteiger partial charge in [0.05, 0.1) is 0 Å². The van der Waals surface area contributed by atoms with E-state index in [1.54, 1.807) is 16.7 Å². The molecule has 1 aromatic carbocycles. The number of rotatable bonds is 2. The van der Waals surface area contributed by atoms with Crippen LogP contribution in [0.5, 0.6) is 0 Å². The van der Waals surface area contributed by atoms with Crippen LogP contribution in [-0.4, -0.2) is 8.07 Å². The van der Waals surface area contributed by atoms with Crippen molar-refractivity contribution in [1.29, 1.82) is 0 Å². The molecule has 0 atom stereocenters. The maximum Gasteiger partial charge on any atom is 0.0487 e. The Morgan fingerprint density at radius 1 is 1.12 bits per heavy atom. The van der Waals surface area contributed by atoms with E-state index in [2.05, 4.69) is 51.7 Å². The van der Waals surface area contributed by atoms with Gasteiger partial charge in [0.2, 0.25) is 0 Å². The largest absolute Gasteiger partial charge is 0.0693 e. The minimum Gasteiger partial charge on any atom is -0.0693 e. The molecule has 0 spiro atoms. The fourth-order valence-electron chi connectivity index (χ4n) is 2.54. The van der Waals surface area contributed by atoms with Gasteiger partial charge in [-0.25, -0.2) is 0 Å². The van der Waals surface area contributed by atoms with Crippen molar-refractivity contribution in [2.24, 2.45) is 0 Å². The van der Waals surface area contributed by atoms with E-state index in [-0.39, 0.29) is 0 Å². The van der Waals surface area contributed by atoms with Gasteiger partial charge in [-0.1, -0.05) is 43.4 Å². The zero-order valence-electron chi connectivity index (χ0n) is 11.1. The summed E-state index contributed by atoms with van der Waals surface area (Å²) < 4.78 is 0. The average Bonchev–Trinajstić information content (AvgIpc) is 2.51. The van der Waals surface area contributed by atoms with E-state index in [9.17, 15) is 0 Å². The Hall–Kier alpha value is -0.823. The normalized spacial score (nSPS) is 14.9. The van der Waals surface area contributed by atoms with Gasteiger partial charge in [-0.05, 0) is 48.6 Å². The molecule has 0 radical (unpaired) electrons. The number of hydrogen-bond acceptors (Lipinski definition) is 0. The zero-order valence-corrected chi connectivity index (χ0v) is 12.1. The Labute approximate surface area is 100 Å². The van der Waals surface area contributed by atoms with Crippen molar-refractivity contribution in [3.05, 3.63) is 40.0 Å². The molecule has 0 fully saturated rings. The van der Waals surface area contributed by atoms with Crippen LogP contribution in [0.4, 0.5) is 0 Å². The minimum absolute atomic E-state index is 1.01. The van der Waals surface area contributed by atoms with Gasteiger partial charge in [0, 0.05) is 8.07 Å². The molecule has 1 heteroatoms. The molecule has 1 aliphatic carbocycles. The van der Waals surface area contributed by atoms with Gasteiger partial charge in [0.1, 0.15) is 0 Å². The van der Waals surface area contributed by atoms with Crippen molar-refractivity contribution in [2.45, 2.75) is 46.0 Å². The van der Waals surface area contributed by atoms with Gasteiger partial charge in [-0.3, -0.25) is 0 Å². The Balaban J connectivity index is 2.45. The number of benzene rings is 1. The SMILES string of the molecule is CC1=Cc2c(C[Si](C)(C)C)ccc(C)c2C1. The molecule has 0 aromatic heterocycles. The lowest BCUT2D eigenvalue weighted by Gasteiger charge is -2.18. The highest BCUT2D eigenvalue weighted by molar-refractivity contribution is 6.75. The van der Waals surface area contributed by atoms with Crippen molar-refractivity contribution >= 4 is 14.1 Å². The highest BCUT2D eigenvalue weighted by atomic mass is 28.3. The van der Waals surface area contributed by atoms with E-state index in [1.165, 1.54) is 23.6 Å². The standard InChI is InChI=1S/C15H22Si/c1-11-8-14-12(2)6-7-13(15(14)9-11)10-16(3,4)5/h6-7,9H,8,10H2,1-5H3. The first-order valence-corrected chi connectivity index (χ1v) is 9.86. The number of fused-ring (bicyclic) bond motifs is 1. The summed E-state index contributed by atoms with van der Waals surface area (Å²) in [7, 11) is -1.01. The third-order valence-electron chi connectivity index (χ3n) is 3.25. The van der Waals surface area contributed by atoms with Gasteiger partial charge in [-0.15, -0.1) is 0 Å². The van der Waals surface area contributed by atoms with Crippen molar-refractivity contribution in [2.75, 3.05) is 0 Å². The molecule has 0 amide bonds.